The summed E-state index contributed by atoms with van der Waals surface area (Å²) in [4.78, 5) is 29.0. The highest BCUT2D eigenvalue weighted by molar-refractivity contribution is 6.30. The van der Waals surface area contributed by atoms with E-state index in [2.05, 4.69) is 10.2 Å². The van der Waals surface area contributed by atoms with Gasteiger partial charge in [0.25, 0.3) is 5.91 Å². The first-order valence-electron chi connectivity index (χ1n) is 10.0. The number of amides is 2. The van der Waals surface area contributed by atoms with Crippen LogP contribution in [0.4, 0.5) is 0 Å². The molecule has 0 unspecified atom stereocenters. The summed E-state index contributed by atoms with van der Waals surface area (Å²) in [5.74, 6) is 0.208. The number of benzene rings is 1. The van der Waals surface area contributed by atoms with E-state index in [9.17, 15) is 9.59 Å². The molecule has 0 radical (unpaired) electrons. The summed E-state index contributed by atoms with van der Waals surface area (Å²) in [5.41, 5.74) is 2.32. The Morgan fingerprint density at radius 2 is 1.90 bits per heavy atom. The van der Waals surface area contributed by atoms with Gasteiger partial charge in [0.15, 0.2) is 0 Å². The van der Waals surface area contributed by atoms with Crippen molar-refractivity contribution in [1.82, 2.24) is 20.0 Å². The zero-order valence-electron chi connectivity index (χ0n) is 16.3. The van der Waals surface area contributed by atoms with Gasteiger partial charge in [0.05, 0.1) is 19.6 Å². The molecule has 29 heavy (non-hydrogen) atoms. The molecule has 2 amide bonds. The van der Waals surface area contributed by atoms with Gasteiger partial charge in [-0.05, 0) is 36.6 Å². The number of aromatic amines is 1. The summed E-state index contributed by atoms with van der Waals surface area (Å²) >= 11 is 5.92. The predicted octanol–water partition coefficient (Wildman–Crippen LogP) is 2.48. The van der Waals surface area contributed by atoms with Crippen LogP contribution in [0.15, 0.2) is 30.3 Å². The summed E-state index contributed by atoms with van der Waals surface area (Å²) < 4.78 is 5.30. The van der Waals surface area contributed by atoms with Crippen molar-refractivity contribution in [3.63, 3.8) is 0 Å². The summed E-state index contributed by atoms with van der Waals surface area (Å²) in [6.45, 7) is 3.72. The molecule has 0 spiro atoms. The average Bonchev–Trinajstić information content (AvgIpc) is 3.26. The number of nitrogens with one attached hydrogen (secondary N) is 1. The van der Waals surface area contributed by atoms with Crippen LogP contribution in [0.2, 0.25) is 5.02 Å². The van der Waals surface area contributed by atoms with Crippen molar-refractivity contribution in [1.29, 1.82) is 0 Å². The lowest BCUT2D eigenvalue weighted by atomic mass is 9.94. The van der Waals surface area contributed by atoms with E-state index in [1.54, 1.807) is 17.0 Å². The van der Waals surface area contributed by atoms with Crippen molar-refractivity contribution in [2.75, 3.05) is 39.4 Å². The molecule has 8 heteroatoms. The zero-order chi connectivity index (χ0) is 20.2. The highest BCUT2D eigenvalue weighted by Crippen LogP contribution is 2.27. The van der Waals surface area contributed by atoms with Gasteiger partial charge >= 0.3 is 0 Å². The number of carbonyl (C=O) groups is 2. The Bertz CT molecular complexity index is 861. The quantitative estimate of drug-likeness (QED) is 0.830. The number of hydrogen-bond donors (Lipinski definition) is 1. The lowest BCUT2D eigenvalue weighted by Crippen LogP contribution is -2.40. The predicted molar refractivity (Wildman–Crippen MR) is 109 cm³/mol. The monoisotopic (exact) mass is 416 g/mol. The number of ether oxygens (including phenoxy) is 1. The van der Waals surface area contributed by atoms with Crippen molar-refractivity contribution in [2.24, 2.45) is 0 Å². The van der Waals surface area contributed by atoms with Gasteiger partial charge in [0.1, 0.15) is 5.69 Å². The molecule has 154 valence electrons. The molecule has 2 fully saturated rings. The third-order valence-electron chi connectivity index (χ3n) is 5.60. The molecule has 1 aromatic heterocycles. The smallest absolute Gasteiger partial charge is 0.274 e. The first kappa shape index (κ1) is 19.9. The Morgan fingerprint density at radius 3 is 2.66 bits per heavy atom. The van der Waals surface area contributed by atoms with Crippen LogP contribution in [-0.4, -0.2) is 71.2 Å². The second kappa shape index (κ2) is 8.97. The number of aromatic nitrogens is 2. The van der Waals surface area contributed by atoms with E-state index >= 15 is 0 Å². The average molecular weight is 417 g/mol. The molecule has 0 aliphatic carbocycles. The molecule has 3 heterocycles. The lowest BCUT2D eigenvalue weighted by molar-refractivity contribution is -0.131. The van der Waals surface area contributed by atoms with E-state index < -0.39 is 0 Å². The van der Waals surface area contributed by atoms with E-state index in [-0.39, 0.29) is 17.7 Å². The Hall–Kier alpha value is -2.38. The second-order valence-electron chi connectivity index (χ2n) is 7.60. The minimum Gasteiger partial charge on any atom is -0.378 e. The summed E-state index contributed by atoms with van der Waals surface area (Å²) in [6.07, 6.45) is 2.27. The third kappa shape index (κ3) is 4.79. The molecule has 7 nitrogen and oxygen atoms in total. The largest absolute Gasteiger partial charge is 0.378 e. The van der Waals surface area contributed by atoms with E-state index in [0.717, 1.165) is 30.6 Å². The fraction of sp³-hybridized carbons (Fsp3) is 0.476. The lowest BCUT2D eigenvalue weighted by Gasteiger charge is -2.32. The maximum absolute atomic E-state index is 12.7. The van der Waals surface area contributed by atoms with E-state index in [4.69, 9.17) is 16.3 Å². The molecular formula is C21H25ClN4O3. The summed E-state index contributed by atoms with van der Waals surface area (Å²) in [5, 5.41) is 7.94. The highest BCUT2D eigenvalue weighted by atomic mass is 35.5. The van der Waals surface area contributed by atoms with Crippen LogP contribution in [0.5, 0.6) is 0 Å². The van der Waals surface area contributed by atoms with Gasteiger partial charge in [-0.3, -0.25) is 14.7 Å². The van der Waals surface area contributed by atoms with Gasteiger partial charge in [-0.2, -0.15) is 5.10 Å². The summed E-state index contributed by atoms with van der Waals surface area (Å²) in [6, 6.07) is 9.23. The van der Waals surface area contributed by atoms with Crippen molar-refractivity contribution >= 4 is 23.4 Å². The van der Waals surface area contributed by atoms with Gasteiger partial charge in [-0.1, -0.05) is 23.7 Å². The van der Waals surface area contributed by atoms with Gasteiger partial charge < -0.3 is 14.5 Å². The molecule has 2 saturated heterocycles. The molecule has 2 aliphatic rings. The van der Waals surface area contributed by atoms with Crippen LogP contribution in [0.3, 0.4) is 0 Å². The normalized spacial score (nSPS) is 20.0. The van der Waals surface area contributed by atoms with Crippen LogP contribution in [0, 0.1) is 0 Å². The van der Waals surface area contributed by atoms with Crippen LogP contribution < -0.4 is 0 Å². The molecular weight excluding hydrogens is 392 g/mol. The molecule has 1 atom stereocenters. The number of H-pyrrole nitrogens is 1. The number of rotatable bonds is 4. The second-order valence-corrected chi connectivity index (χ2v) is 8.03. The van der Waals surface area contributed by atoms with E-state index in [1.165, 1.54) is 0 Å². The number of likely N-dealkylation sites (tertiary alicyclic amines) is 1. The van der Waals surface area contributed by atoms with Gasteiger partial charge in [0.2, 0.25) is 5.91 Å². The van der Waals surface area contributed by atoms with Crippen molar-refractivity contribution in [2.45, 2.75) is 25.2 Å². The number of hydrogen-bond acceptors (Lipinski definition) is 4. The van der Waals surface area contributed by atoms with Crippen LogP contribution in [0.1, 0.15) is 40.5 Å². The fourth-order valence-electron chi connectivity index (χ4n) is 3.93. The highest BCUT2D eigenvalue weighted by Gasteiger charge is 2.28. The fourth-order valence-corrected chi connectivity index (χ4v) is 4.06. The third-order valence-corrected chi connectivity index (χ3v) is 5.85. The first-order valence-corrected chi connectivity index (χ1v) is 10.4. The molecule has 1 N–H and O–H groups in total. The standard InChI is InChI=1S/C21H25ClN4O3/c22-17-5-3-15(4-6-17)12-20(27)26-7-1-2-16(14-26)18-13-19(24-23-18)21(28)25-8-10-29-11-9-25/h3-6,13,16H,1-2,7-12,14H2,(H,23,24)/t16-/m1/s1. The summed E-state index contributed by atoms with van der Waals surface area (Å²) in [7, 11) is 0. The molecule has 0 saturated carbocycles. The van der Waals surface area contributed by atoms with Crippen LogP contribution >= 0.6 is 11.6 Å². The Morgan fingerprint density at radius 1 is 1.14 bits per heavy atom. The van der Waals surface area contributed by atoms with Crippen molar-refractivity contribution < 1.29 is 14.3 Å². The molecule has 2 aromatic rings. The van der Waals surface area contributed by atoms with Crippen molar-refractivity contribution in [3.8, 4) is 0 Å². The Kier molecular flexibility index (Phi) is 6.16. The molecule has 4 rings (SSSR count). The number of morpholine rings is 1. The molecule has 1 aromatic carbocycles. The topological polar surface area (TPSA) is 78.5 Å². The number of piperidine rings is 1. The maximum Gasteiger partial charge on any atom is 0.274 e. The molecule has 0 bridgehead atoms. The minimum atomic E-state index is -0.0673. The van der Waals surface area contributed by atoms with Crippen LogP contribution in [0.25, 0.3) is 0 Å². The van der Waals surface area contributed by atoms with Crippen molar-refractivity contribution in [3.05, 3.63) is 52.3 Å². The van der Waals surface area contributed by atoms with E-state index in [0.29, 0.717) is 50.0 Å². The van der Waals surface area contributed by atoms with Gasteiger partial charge in [-0.25, -0.2) is 0 Å². The SMILES string of the molecule is O=C(Cc1ccc(Cl)cc1)N1CCC[C@@H](c2cc(C(=O)N3CCOCC3)n[nH]2)C1. The minimum absolute atomic E-state index is 0.0673. The Labute approximate surface area is 175 Å². The number of nitrogens with zero attached hydrogens (tertiary/aromatic N) is 3. The first-order chi connectivity index (χ1) is 14.1. The number of carbonyl (C=O) groups excluding carboxylic acids is 2. The van der Waals surface area contributed by atoms with E-state index in [1.807, 2.05) is 23.1 Å². The maximum atomic E-state index is 12.7. The molecule has 2 aliphatic heterocycles. The van der Waals surface area contributed by atoms with Gasteiger partial charge in [-0.15, -0.1) is 0 Å². The number of halogens is 1. The zero-order valence-corrected chi connectivity index (χ0v) is 17.0. The Balaban J connectivity index is 1.38. The van der Waals surface area contributed by atoms with Gasteiger partial charge in [0, 0.05) is 42.8 Å². The van der Waals surface area contributed by atoms with Crippen LogP contribution in [-0.2, 0) is 16.0 Å².